The van der Waals surface area contributed by atoms with E-state index >= 15 is 0 Å². The van der Waals surface area contributed by atoms with Gasteiger partial charge in [-0.2, -0.15) is 5.21 Å². The van der Waals surface area contributed by atoms with Crippen LogP contribution in [0, 0.1) is 13.8 Å². The number of hydroxylamine groups is 2. The van der Waals surface area contributed by atoms with Gasteiger partial charge in [-0.1, -0.05) is 54.6 Å². The first kappa shape index (κ1) is 25.7. The fourth-order valence-corrected chi connectivity index (χ4v) is 5.36. The molecule has 0 saturated heterocycles. The van der Waals surface area contributed by atoms with Crippen molar-refractivity contribution in [3.05, 3.63) is 93.2 Å². The molecular weight excluding hydrogens is 478 g/mol. The molecule has 0 bridgehead atoms. The summed E-state index contributed by atoms with van der Waals surface area (Å²) < 4.78 is 1.70. The largest absolute Gasteiger partial charge is 0.292 e. The monoisotopic (exact) mass is 510 g/mol. The van der Waals surface area contributed by atoms with Crippen LogP contribution >= 0.6 is 0 Å². The number of benzene rings is 2. The first-order valence-corrected chi connectivity index (χ1v) is 12.7. The highest BCUT2D eigenvalue weighted by Crippen LogP contribution is 2.39. The summed E-state index contributed by atoms with van der Waals surface area (Å²) in [6.45, 7) is 11.7. The number of aromatic amines is 1. The topological polar surface area (TPSA) is 112 Å². The van der Waals surface area contributed by atoms with E-state index in [9.17, 15) is 10.0 Å². The van der Waals surface area contributed by atoms with Gasteiger partial charge in [-0.05, 0) is 69.0 Å². The van der Waals surface area contributed by atoms with Crippen molar-refractivity contribution in [3.63, 3.8) is 0 Å². The molecule has 2 aromatic carbocycles. The lowest BCUT2D eigenvalue weighted by Crippen LogP contribution is -2.47. The molecule has 0 atom stereocenters. The van der Waals surface area contributed by atoms with Crippen molar-refractivity contribution in [3.8, 4) is 22.5 Å². The van der Waals surface area contributed by atoms with Gasteiger partial charge in [0.15, 0.2) is 0 Å². The molecule has 1 N–H and O–H groups in total. The Morgan fingerprint density at radius 2 is 1.63 bits per heavy atom. The summed E-state index contributed by atoms with van der Waals surface area (Å²) in [7, 11) is 0. The zero-order valence-corrected chi connectivity index (χ0v) is 22.6. The molecule has 0 fully saturated rings. The van der Waals surface area contributed by atoms with Crippen molar-refractivity contribution >= 4 is 0 Å². The Morgan fingerprint density at radius 3 is 2.24 bits per heavy atom. The maximum Gasteiger partial charge on any atom is 0.257 e. The van der Waals surface area contributed by atoms with Gasteiger partial charge in [0, 0.05) is 23.2 Å². The van der Waals surface area contributed by atoms with E-state index in [1.54, 1.807) is 4.57 Å². The lowest BCUT2D eigenvalue weighted by molar-refractivity contribution is -0.238. The van der Waals surface area contributed by atoms with Gasteiger partial charge >= 0.3 is 0 Å². The molecule has 38 heavy (non-hydrogen) atoms. The molecule has 0 spiro atoms. The van der Waals surface area contributed by atoms with Gasteiger partial charge in [-0.15, -0.1) is 20.5 Å². The van der Waals surface area contributed by atoms with Gasteiger partial charge < -0.3 is 0 Å². The Kier molecular flexibility index (Phi) is 6.36. The fraction of sp³-hybridized carbons (Fsp3) is 0.345. The second kappa shape index (κ2) is 9.41. The van der Waals surface area contributed by atoms with Crippen LogP contribution in [0.2, 0.25) is 0 Å². The SMILES string of the molecule is Cc1nc(C)n(CC2=CC(C)(C)N([O])C2(C)C)c(=O)c1Cc1ccc(-c2ccccc2-c2nn[nH]n2)cc1. The van der Waals surface area contributed by atoms with Crippen LogP contribution in [0.1, 0.15) is 50.3 Å². The van der Waals surface area contributed by atoms with Crippen molar-refractivity contribution in [2.45, 2.75) is 65.6 Å². The molecule has 0 aliphatic carbocycles. The first-order valence-electron chi connectivity index (χ1n) is 12.7. The number of tetrazole rings is 1. The maximum atomic E-state index is 13.7. The number of aromatic nitrogens is 6. The van der Waals surface area contributed by atoms with Crippen molar-refractivity contribution < 1.29 is 5.21 Å². The number of H-pyrrole nitrogens is 1. The van der Waals surface area contributed by atoms with E-state index in [4.69, 9.17) is 4.98 Å². The van der Waals surface area contributed by atoms with Gasteiger partial charge in [0.25, 0.3) is 5.56 Å². The zero-order chi connectivity index (χ0) is 27.2. The lowest BCUT2D eigenvalue weighted by Gasteiger charge is -2.34. The number of hydrogen-bond acceptors (Lipinski definition) is 6. The molecule has 0 amide bonds. The van der Waals surface area contributed by atoms with Gasteiger partial charge in [-0.3, -0.25) is 9.36 Å². The van der Waals surface area contributed by atoms with Crippen LogP contribution in [-0.2, 0) is 18.2 Å². The maximum absolute atomic E-state index is 13.7. The number of nitrogens with one attached hydrogen (secondary N) is 1. The molecule has 3 heterocycles. The summed E-state index contributed by atoms with van der Waals surface area (Å²) in [6, 6.07) is 16.1. The second-order valence-electron chi connectivity index (χ2n) is 10.9. The van der Waals surface area contributed by atoms with E-state index in [1.165, 1.54) is 0 Å². The van der Waals surface area contributed by atoms with Crippen molar-refractivity contribution in [1.29, 1.82) is 0 Å². The van der Waals surface area contributed by atoms with Gasteiger partial charge in [0.2, 0.25) is 5.82 Å². The smallest absolute Gasteiger partial charge is 0.257 e. The average molecular weight is 511 g/mol. The Labute approximate surface area is 221 Å². The predicted octanol–water partition coefficient (Wildman–Crippen LogP) is 4.44. The Bertz CT molecular complexity index is 1570. The molecule has 2 aromatic heterocycles. The van der Waals surface area contributed by atoms with E-state index < -0.39 is 11.1 Å². The van der Waals surface area contributed by atoms with Crippen LogP contribution in [0.3, 0.4) is 0 Å². The molecule has 1 aliphatic heterocycles. The Hall–Kier alpha value is -3.95. The molecule has 0 saturated carbocycles. The van der Waals surface area contributed by atoms with E-state index in [2.05, 4.69) is 20.6 Å². The first-order chi connectivity index (χ1) is 18.0. The van der Waals surface area contributed by atoms with E-state index in [0.29, 0.717) is 30.2 Å². The zero-order valence-electron chi connectivity index (χ0n) is 22.6. The van der Waals surface area contributed by atoms with Crippen LogP contribution < -0.4 is 5.56 Å². The van der Waals surface area contributed by atoms with Gasteiger partial charge in [0.05, 0.1) is 17.6 Å². The number of aryl methyl sites for hydroxylation is 2. The number of hydrogen-bond donors (Lipinski definition) is 1. The number of rotatable bonds is 6. The molecule has 4 aromatic rings. The van der Waals surface area contributed by atoms with Crippen molar-refractivity contribution in [2.75, 3.05) is 0 Å². The minimum Gasteiger partial charge on any atom is -0.292 e. The van der Waals surface area contributed by atoms with Crippen molar-refractivity contribution in [2.24, 2.45) is 0 Å². The molecule has 1 aliphatic rings. The standard InChI is InChI=1S/C29H32N7O2/c1-18-25(27(37)35(19(2)30-18)17-22-16-28(3,4)36(38)29(22,5)6)15-20-11-13-21(14-12-20)23-9-7-8-10-24(23)26-31-33-34-32-26/h7-14,16H,15,17H2,1-6H3,(H,31,32,33,34). The molecule has 9 heteroatoms. The molecule has 195 valence electrons. The van der Waals surface area contributed by atoms with Gasteiger partial charge in [-0.25, -0.2) is 4.98 Å². The summed E-state index contributed by atoms with van der Waals surface area (Å²) in [5.41, 5.74) is 4.82. The highest BCUT2D eigenvalue weighted by atomic mass is 16.5. The fourth-order valence-electron chi connectivity index (χ4n) is 5.36. The minimum atomic E-state index is -0.700. The van der Waals surface area contributed by atoms with Crippen LogP contribution in [-0.4, -0.2) is 46.3 Å². The highest BCUT2D eigenvalue weighted by Gasteiger charge is 2.46. The third-order valence-corrected chi connectivity index (χ3v) is 7.49. The lowest BCUT2D eigenvalue weighted by atomic mass is 9.96. The summed E-state index contributed by atoms with van der Waals surface area (Å²) in [6.07, 6.45) is 2.45. The van der Waals surface area contributed by atoms with Crippen LogP contribution in [0.15, 0.2) is 65.0 Å². The Morgan fingerprint density at radius 1 is 0.947 bits per heavy atom. The summed E-state index contributed by atoms with van der Waals surface area (Å²) >= 11 is 0. The quantitative estimate of drug-likeness (QED) is 0.384. The van der Waals surface area contributed by atoms with Gasteiger partial charge in [0.1, 0.15) is 5.82 Å². The van der Waals surface area contributed by atoms with E-state index in [-0.39, 0.29) is 5.56 Å². The minimum absolute atomic E-state index is 0.0691. The van der Waals surface area contributed by atoms with Crippen molar-refractivity contribution in [1.82, 2.24) is 35.2 Å². The summed E-state index contributed by atoms with van der Waals surface area (Å²) in [4.78, 5) is 18.4. The van der Waals surface area contributed by atoms with Crippen LogP contribution in [0.4, 0.5) is 0 Å². The van der Waals surface area contributed by atoms with Crippen LogP contribution in [0.25, 0.3) is 22.5 Å². The number of nitrogens with zero attached hydrogens (tertiary/aromatic N) is 6. The summed E-state index contributed by atoms with van der Waals surface area (Å²) in [5.74, 6) is 1.18. The normalized spacial score (nSPS) is 16.6. The molecule has 1 radical (unpaired) electrons. The second-order valence-corrected chi connectivity index (χ2v) is 10.9. The Balaban J connectivity index is 1.44. The molecule has 0 unspecified atom stereocenters. The van der Waals surface area contributed by atoms with E-state index in [1.807, 2.05) is 96.1 Å². The highest BCUT2D eigenvalue weighted by molar-refractivity contribution is 5.80. The summed E-state index contributed by atoms with van der Waals surface area (Å²) in [5, 5.41) is 28.4. The van der Waals surface area contributed by atoms with Crippen LogP contribution in [0.5, 0.6) is 0 Å². The predicted molar refractivity (Wildman–Crippen MR) is 145 cm³/mol. The molecule has 9 nitrogen and oxygen atoms in total. The third kappa shape index (κ3) is 4.48. The third-order valence-electron chi connectivity index (χ3n) is 7.49. The molecular formula is C29H32N7O2. The molecule has 5 rings (SSSR count). The van der Waals surface area contributed by atoms with E-state index in [0.717, 1.165) is 38.6 Å². The average Bonchev–Trinajstić information content (AvgIpc) is 3.47.